The zero-order chi connectivity index (χ0) is 42.1. The minimum atomic E-state index is 0.671. The number of hydrogen-bond donors (Lipinski definition) is 0. The number of pyridine rings is 2. The van der Waals surface area contributed by atoms with Crippen molar-refractivity contribution in [1.29, 1.82) is 0 Å². The lowest BCUT2D eigenvalue weighted by molar-refractivity contribution is 1.18. The summed E-state index contributed by atoms with van der Waals surface area (Å²) in [5, 5.41) is 7.26. The largest absolute Gasteiger partial charge is 0.254 e. The predicted octanol–water partition coefficient (Wildman–Crippen LogP) is 16.3. The molecule has 0 atom stereocenters. The minimum Gasteiger partial charge on any atom is -0.254 e. The molecule has 0 aliphatic carbocycles. The highest BCUT2D eigenvalue weighted by Crippen LogP contribution is 2.45. The van der Waals surface area contributed by atoms with E-state index in [1.54, 1.807) is 0 Å². The smallest absolute Gasteiger partial charge is 0.160 e. The summed E-state index contributed by atoms with van der Waals surface area (Å²) in [6.45, 7) is 0. The maximum atomic E-state index is 5.38. The van der Waals surface area contributed by atoms with E-state index in [9.17, 15) is 0 Å². The maximum Gasteiger partial charge on any atom is 0.160 e. The van der Waals surface area contributed by atoms with Crippen molar-refractivity contribution in [2.24, 2.45) is 0 Å². The van der Waals surface area contributed by atoms with Crippen molar-refractivity contribution in [2.75, 3.05) is 0 Å². The van der Waals surface area contributed by atoms with E-state index in [1.807, 2.05) is 53.1 Å². The van der Waals surface area contributed by atoms with Crippen LogP contribution in [0.5, 0.6) is 0 Å². The Balaban J connectivity index is 1.03. The molecule has 6 heteroatoms. The highest BCUT2D eigenvalue weighted by Gasteiger charge is 2.18. The number of hydrogen-bond acceptors (Lipinski definition) is 6. The van der Waals surface area contributed by atoms with Crippen molar-refractivity contribution in [3.8, 4) is 67.4 Å². The van der Waals surface area contributed by atoms with Crippen LogP contribution in [-0.4, -0.2) is 19.9 Å². The fourth-order valence-corrected chi connectivity index (χ4v) is 11.7. The Hall–Kier alpha value is -7.90. The van der Waals surface area contributed by atoms with Gasteiger partial charge in [0.2, 0.25) is 0 Å². The predicted molar refractivity (Wildman–Crippen MR) is 271 cm³/mol. The minimum absolute atomic E-state index is 0.671. The molecular weight excluding hydrogens is 817 g/mol. The Labute approximate surface area is 376 Å². The summed E-state index contributed by atoms with van der Waals surface area (Å²) in [6, 6.07) is 71.4. The third-order valence-electron chi connectivity index (χ3n) is 12.3. The molecule has 0 saturated heterocycles. The normalized spacial score (nSPS) is 11.8. The van der Waals surface area contributed by atoms with E-state index in [-0.39, 0.29) is 0 Å². The van der Waals surface area contributed by atoms with Gasteiger partial charge >= 0.3 is 0 Å². The van der Waals surface area contributed by atoms with Crippen LogP contribution in [0.1, 0.15) is 0 Å². The van der Waals surface area contributed by atoms with Gasteiger partial charge in [-0.3, -0.25) is 4.98 Å². The molecule has 5 heterocycles. The Bertz CT molecular complexity index is 3850. The number of fused-ring (bicyclic) bond motifs is 9. The van der Waals surface area contributed by atoms with E-state index in [1.165, 1.54) is 51.5 Å². The molecule has 298 valence electrons. The lowest BCUT2D eigenvalue weighted by Gasteiger charge is -2.14. The quantitative estimate of drug-likeness (QED) is 0.156. The summed E-state index contributed by atoms with van der Waals surface area (Å²) >= 11 is 3.72. The summed E-state index contributed by atoms with van der Waals surface area (Å²) in [4.78, 5) is 20.6. The second kappa shape index (κ2) is 14.9. The SMILES string of the molecule is c1ccc(-c2nc(-c3cccc(-c4ccc5ccc6cccnc6c5n4)c3)cc(-c3cc(-c4cccc5c4sc4ccccc45)cc(-c4cccc5c4sc4ccccc45)c3)n2)cc1. The molecule has 64 heavy (non-hydrogen) atoms. The number of benzene rings is 8. The van der Waals surface area contributed by atoms with Crippen LogP contribution in [0.25, 0.3) is 130 Å². The van der Waals surface area contributed by atoms with Gasteiger partial charge in [-0.15, -0.1) is 22.7 Å². The molecule has 13 rings (SSSR count). The zero-order valence-electron chi connectivity index (χ0n) is 34.2. The van der Waals surface area contributed by atoms with Crippen LogP contribution < -0.4 is 0 Å². The van der Waals surface area contributed by atoms with E-state index in [0.717, 1.165) is 72.3 Å². The number of thiophene rings is 2. The first-order valence-electron chi connectivity index (χ1n) is 21.4. The molecule has 0 radical (unpaired) electrons. The van der Waals surface area contributed by atoms with Gasteiger partial charge in [0, 0.05) is 79.6 Å². The van der Waals surface area contributed by atoms with Gasteiger partial charge in [0.25, 0.3) is 0 Å². The first-order chi connectivity index (χ1) is 31.7. The van der Waals surface area contributed by atoms with Crippen molar-refractivity contribution >= 4 is 84.8 Å². The highest BCUT2D eigenvalue weighted by atomic mass is 32.1. The second-order valence-corrected chi connectivity index (χ2v) is 18.3. The Kier molecular flexibility index (Phi) is 8.54. The molecule has 0 saturated carbocycles. The van der Waals surface area contributed by atoms with Crippen LogP contribution in [-0.2, 0) is 0 Å². The van der Waals surface area contributed by atoms with Crippen LogP contribution in [0.15, 0.2) is 206 Å². The molecule has 4 nitrogen and oxygen atoms in total. The topological polar surface area (TPSA) is 51.6 Å². The van der Waals surface area contributed by atoms with Crippen LogP contribution in [0.2, 0.25) is 0 Å². The number of nitrogens with zero attached hydrogens (tertiary/aromatic N) is 4. The Morgan fingerprint density at radius 2 is 0.828 bits per heavy atom. The standard InChI is InChI=1S/C58H34N4S2/c1-2-12-37(13-3-1)58-61-50(39-15-8-14-38(30-39)49-28-27-36-26-25-35-16-11-29-59-54(35)55(36)60-49)34-51(62-58)42-32-40(43-19-9-21-47-45-17-4-6-23-52(45)63-56(43)47)31-41(33-42)44-20-10-22-48-46-18-5-7-24-53(46)64-57(44)48/h1-34H. The molecule has 0 bridgehead atoms. The molecule has 8 aromatic carbocycles. The van der Waals surface area contributed by atoms with E-state index < -0.39 is 0 Å². The summed E-state index contributed by atoms with van der Waals surface area (Å²) in [5.74, 6) is 0.671. The van der Waals surface area contributed by atoms with Crippen molar-refractivity contribution in [3.63, 3.8) is 0 Å². The van der Waals surface area contributed by atoms with Gasteiger partial charge in [0.05, 0.1) is 28.1 Å². The average Bonchev–Trinajstić information content (AvgIpc) is 3.95. The van der Waals surface area contributed by atoms with Crippen LogP contribution in [0, 0.1) is 0 Å². The van der Waals surface area contributed by atoms with Crippen molar-refractivity contribution in [2.45, 2.75) is 0 Å². The lowest BCUT2D eigenvalue weighted by Crippen LogP contribution is -1.97. The van der Waals surface area contributed by atoms with Gasteiger partial charge in [0.15, 0.2) is 5.82 Å². The molecule has 0 unspecified atom stereocenters. The van der Waals surface area contributed by atoms with Gasteiger partial charge in [-0.1, -0.05) is 146 Å². The fourth-order valence-electron chi connectivity index (χ4n) is 9.22. The van der Waals surface area contributed by atoms with Crippen LogP contribution in [0.3, 0.4) is 0 Å². The van der Waals surface area contributed by atoms with E-state index in [2.05, 4.69) is 176 Å². The monoisotopic (exact) mass is 850 g/mol. The van der Waals surface area contributed by atoms with Gasteiger partial charge in [-0.25, -0.2) is 15.0 Å². The first-order valence-corrected chi connectivity index (χ1v) is 23.0. The van der Waals surface area contributed by atoms with Crippen molar-refractivity contribution < 1.29 is 0 Å². The molecule has 0 spiro atoms. The third kappa shape index (κ3) is 6.18. The highest BCUT2D eigenvalue weighted by molar-refractivity contribution is 7.26. The average molecular weight is 851 g/mol. The summed E-state index contributed by atoms with van der Waals surface area (Å²) < 4.78 is 5.14. The summed E-state index contributed by atoms with van der Waals surface area (Å²) in [5.41, 5.74) is 13.1. The van der Waals surface area contributed by atoms with E-state index >= 15 is 0 Å². The van der Waals surface area contributed by atoms with Crippen molar-refractivity contribution in [1.82, 2.24) is 19.9 Å². The number of rotatable bonds is 6. The molecule has 0 aliphatic rings. The van der Waals surface area contributed by atoms with Crippen LogP contribution >= 0.6 is 22.7 Å². The van der Waals surface area contributed by atoms with E-state index in [0.29, 0.717) is 5.82 Å². The maximum absolute atomic E-state index is 5.38. The molecular formula is C58H34N4S2. The fraction of sp³-hybridized carbons (Fsp3) is 0. The number of aromatic nitrogens is 4. The Morgan fingerprint density at radius 1 is 0.312 bits per heavy atom. The molecule has 0 fully saturated rings. The van der Waals surface area contributed by atoms with Crippen LogP contribution in [0.4, 0.5) is 0 Å². The van der Waals surface area contributed by atoms with Crippen molar-refractivity contribution in [3.05, 3.63) is 206 Å². The molecule has 0 amide bonds. The van der Waals surface area contributed by atoms with Gasteiger partial charge in [0.1, 0.15) is 0 Å². The molecule has 0 N–H and O–H groups in total. The summed E-state index contributed by atoms with van der Waals surface area (Å²) in [7, 11) is 0. The summed E-state index contributed by atoms with van der Waals surface area (Å²) in [6.07, 6.45) is 1.83. The van der Waals surface area contributed by atoms with Gasteiger partial charge in [-0.2, -0.15) is 0 Å². The first kappa shape index (κ1) is 36.7. The molecule has 0 aliphatic heterocycles. The second-order valence-electron chi connectivity index (χ2n) is 16.2. The third-order valence-corrected chi connectivity index (χ3v) is 14.7. The zero-order valence-corrected chi connectivity index (χ0v) is 35.9. The van der Waals surface area contributed by atoms with Gasteiger partial charge in [-0.05, 0) is 76.9 Å². The van der Waals surface area contributed by atoms with Gasteiger partial charge < -0.3 is 0 Å². The molecule has 13 aromatic rings. The lowest BCUT2D eigenvalue weighted by atomic mass is 9.93. The van der Waals surface area contributed by atoms with E-state index in [4.69, 9.17) is 19.9 Å². The molecule has 5 aromatic heterocycles. The Morgan fingerprint density at radius 3 is 1.52 bits per heavy atom.